The van der Waals surface area contributed by atoms with Gasteiger partial charge in [-0.2, -0.15) is 0 Å². The minimum atomic E-state index is 0.351. The van der Waals surface area contributed by atoms with Gasteiger partial charge in [-0.15, -0.1) is 0 Å². The second kappa shape index (κ2) is 7.42. The Morgan fingerprint density at radius 1 is 1.18 bits per heavy atom. The van der Waals surface area contributed by atoms with Gasteiger partial charge in [0.2, 0.25) is 0 Å². The Hall–Kier alpha value is -0.0200. The fraction of sp³-hybridized carbons (Fsp3) is 0.571. The van der Waals surface area contributed by atoms with Gasteiger partial charge in [0.1, 0.15) is 5.75 Å². The second-order valence-corrected chi connectivity index (χ2v) is 6.22. The number of benzene rings is 1. The summed E-state index contributed by atoms with van der Waals surface area (Å²) in [4.78, 5) is 0. The van der Waals surface area contributed by atoms with E-state index in [4.69, 9.17) is 4.74 Å². The van der Waals surface area contributed by atoms with Crippen LogP contribution in [0.2, 0.25) is 0 Å². The molecule has 0 spiro atoms. The molecule has 1 rings (SSSR count). The number of alkyl halides is 1. The first-order valence-electron chi connectivity index (χ1n) is 6.04. The Morgan fingerprint density at radius 3 is 2.35 bits per heavy atom. The summed E-state index contributed by atoms with van der Waals surface area (Å²) in [6.07, 6.45) is 3.55. The Balaban J connectivity index is 2.38. The van der Waals surface area contributed by atoms with Crippen molar-refractivity contribution in [3.63, 3.8) is 0 Å². The van der Waals surface area contributed by atoms with Gasteiger partial charge in [-0.25, -0.2) is 0 Å². The third kappa shape index (κ3) is 5.43. The molecule has 17 heavy (non-hydrogen) atoms. The largest absolute Gasteiger partial charge is 0.494 e. The molecule has 1 aromatic rings. The fourth-order valence-electron chi connectivity index (χ4n) is 1.81. The van der Waals surface area contributed by atoms with Gasteiger partial charge in [0, 0.05) is 9.80 Å². The molecule has 0 aliphatic rings. The van der Waals surface area contributed by atoms with Crippen molar-refractivity contribution in [3.05, 3.63) is 28.7 Å². The summed E-state index contributed by atoms with van der Waals surface area (Å²) in [6, 6.07) is 8.00. The number of halogens is 2. The quantitative estimate of drug-likeness (QED) is 0.587. The lowest BCUT2D eigenvalue weighted by atomic mass is 9.85. The van der Waals surface area contributed by atoms with Crippen molar-refractivity contribution in [2.24, 2.45) is 5.41 Å². The highest BCUT2D eigenvalue weighted by Crippen LogP contribution is 2.30. The van der Waals surface area contributed by atoms with Gasteiger partial charge >= 0.3 is 0 Å². The SMILES string of the molecule is CCCC(C)(CBr)CCOc1ccc(Br)cc1. The maximum Gasteiger partial charge on any atom is 0.119 e. The van der Waals surface area contributed by atoms with Crippen LogP contribution in [0.1, 0.15) is 33.1 Å². The number of ether oxygens (including phenoxy) is 1. The van der Waals surface area contributed by atoms with Gasteiger partial charge < -0.3 is 4.74 Å². The lowest BCUT2D eigenvalue weighted by Gasteiger charge is -2.26. The molecule has 1 aromatic carbocycles. The highest BCUT2D eigenvalue weighted by atomic mass is 79.9. The van der Waals surface area contributed by atoms with Crippen LogP contribution in [-0.2, 0) is 0 Å². The van der Waals surface area contributed by atoms with Gasteiger partial charge in [-0.3, -0.25) is 0 Å². The Morgan fingerprint density at radius 2 is 1.82 bits per heavy atom. The molecule has 0 saturated carbocycles. The highest BCUT2D eigenvalue weighted by molar-refractivity contribution is 9.10. The van der Waals surface area contributed by atoms with Crippen LogP contribution in [-0.4, -0.2) is 11.9 Å². The average molecular weight is 364 g/mol. The van der Waals surface area contributed by atoms with Gasteiger partial charge in [0.25, 0.3) is 0 Å². The zero-order valence-corrected chi connectivity index (χ0v) is 13.7. The van der Waals surface area contributed by atoms with Gasteiger partial charge in [-0.1, -0.05) is 52.1 Å². The van der Waals surface area contributed by atoms with Crippen molar-refractivity contribution in [2.45, 2.75) is 33.1 Å². The second-order valence-electron chi connectivity index (χ2n) is 4.75. The summed E-state index contributed by atoms with van der Waals surface area (Å²) in [5.74, 6) is 0.946. The molecule has 0 saturated heterocycles. The van der Waals surface area contributed by atoms with E-state index in [2.05, 4.69) is 45.7 Å². The topological polar surface area (TPSA) is 9.23 Å². The van der Waals surface area contributed by atoms with Gasteiger partial charge in [0.15, 0.2) is 0 Å². The monoisotopic (exact) mass is 362 g/mol. The maximum absolute atomic E-state index is 5.76. The zero-order chi connectivity index (χ0) is 12.7. The molecule has 1 unspecified atom stereocenters. The van der Waals surface area contributed by atoms with Crippen LogP contribution >= 0.6 is 31.9 Å². The van der Waals surface area contributed by atoms with E-state index < -0.39 is 0 Å². The number of hydrogen-bond donors (Lipinski definition) is 0. The van der Waals surface area contributed by atoms with Crippen LogP contribution in [0.25, 0.3) is 0 Å². The minimum Gasteiger partial charge on any atom is -0.494 e. The summed E-state index contributed by atoms with van der Waals surface area (Å²) in [5, 5.41) is 1.04. The molecular formula is C14H20Br2O. The van der Waals surface area contributed by atoms with Crippen molar-refractivity contribution >= 4 is 31.9 Å². The van der Waals surface area contributed by atoms with E-state index in [1.807, 2.05) is 24.3 Å². The lowest BCUT2D eigenvalue weighted by Crippen LogP contribution is -2.21. The van der Waals surface area contributed by atoms with Crippen LogP contribution in [0.3, 0.4) is 0 Å². The Bertz CT molecular complexity index is 323. The van der Waals surface area contributed by atoms with E-state index in [9.17, 15) is 0 Å². The van der Waals surface area contributed by atoms with Crippen LogP contribution < -0.4 is 4.74 Å². The number of hydrogen-bond acceptors (Lipinski definition) is 1. The van der Waals surface area contributed by atoms with E-state index in [-0.39, 0.29) is 0 Å². The molecule has 0 aliphatic heterocycles. The van der Waals surface area contributed by atoms with Crippen LogP contribution in [0.5, 0.6) is 5.75 Å². The van der Waals surface area contributed by atoms with Crippen LogP contribution in [0.15, 0.2) is 28.7 Å². The standard InChI is InChI=1S/C14H20Br2O/c1-3-8-14(2,11-15)9-10-17-13-6-4-12(16)5-7-13/h4-7H,3,8-11H2,1-2H3. The fourth-order valence-corrected chi connectivity index (χ4v) is 2.63. The summed E-state index contributed by atoms with van der Waals surface area (Å²) in [5.41, 5.74) is 0.351. The van der Waals surface area contributed by atoms with Crippen molar-refractivity contribution in [1.82, 2.24) is 0 Å². The van der Waals surface area contributed by atoms with Crippen molar-refractivity contribution in [3.8, 4) is 5.75 Å². The van der Waals surface area contributed by atoms with E-state index in [1.54, 1.807) is 0 Å². The molecule has 0 N–H and O–H groups in total. The molecule has 96 valence electrons. The molecule has 1 atom stereocenters. The summed E-state index contributed by atoms with van der Waals surface area (Å²) in [6.45, 7) is 5.33. The summed E-state index contributed by atoms with van der Waals surface area (Å²) < 4.78 is 6.85. The van der Waals surface area contributed by atoms with E-state index in [1.165, 1.54) is 12.8 Å². The normalized spacial score (nSPS) is 14.4. The van der Waals surface area contributed by atoms with Gasteiger partial charge in [-0.05, 0) is 42.5 Å². The molecule has 0 aliphatic carbocycles. The Labute approximate surface area is 121 Å². The Kier molecular flexibility index (Phi) is 6.57. The van der Waals surface area contributed by atoms with E-state index in [0.717, 1.165) is 28.6 Å². The van der Waals surface area contributed by atoms with Crippen molar-refractivity contribution in [2.75, 3.05) is 11.9 Å². The predicted molar refractivity (Wildman–Crippen MR) is 81.1 cm³/mol. The lowest BCUT2D eigenvalue weighted by molar-refractivity contribution is 0.221. The zero-order valence-electron chi connectivity index (χ0n) is 10.5. The number of rotatable bonds is 7. The third-order valence-electron chi connectivity index (χ3n) is 2.96. The first-order chi connectivity index (χ1) is 8.09. The van der Waals surface area contributed by atoms with Crippen molar-refractivity contribution in [1.29, 1.82) is 0 Å². The first-order valence-corrected chi connectivity index (χ1v) is 7.95. The first kappa shape index (κ1) is 15.0. The molecule has 0 radical (unpaired) electrons. The molecular weight excluding hydrogens is 344 g/mol. The smallest absolute Gasteiger partial charge is 0.119 e. The van der Waals surface area contributed by atoms with E-state index in [0.29, 0.717) is 5.41 Å². The molecule has 1 nitrogen and oxygen atoms in total. The van der Waals surface area contributed by atoms with Crippen molar-refractivity contribution < 1.29 is 4.74 Å². The van der Waals surface area contributed by atoms with E-state index >= 15 is 0 Å². The molecule has 0 heterocycles. The average Bonchev–Trinajstić information content (AvgIpc) is 2.32. The molecule has 0 bridgehead atoms. The molecule has 0 amide bonds. The molecule has 0 fully saturated rings. The summed E-state index contributed by atoms with van der Waals surface area (Å²) in [7, 11) is 0. The van der Waals surface area contributed by atoms with Gasteiger partial charge in [0.05, 0.1) is 6.61 Å². The van der Waals surface area contributed by atoms with Crippen LogP contribution in [0, 0.1) is 5.41 Å². The third-order valence-corrected chi connectivity index (χ3v) is 4.85. The summed E-state index contributed by atoms with van der Waals surface area (Å²) >= 11 is 7.02. The molecule has 3 heteroatoms. The minimum absolute atomic E-state index is 0.351. The highest BCUT2D eigenvalue weighted by Gasteiger charge is 2.21. The molecule has 0 aromatic heterocycles. The predicted octanol–water partition coefficient (Wildman–Crippen LogP) is 5.42. The maximum atomic E-state index is 5.76. The van der Waals surface area contributed by atoms with Crippen LogP contribution in [0.4, 0.5) is 0 Å².